The molecule has 0 bridgehead atoms. The van der Waals surface area contributed by atoms with Crippen LogP contribution in [0.1, 0.15) is 54.7 Å². The van der Waals surface area contributed by atoms with Gasteiger partial charge < -0.3 is 24.7 Å². The normalized spacial score (nSPS) is 12.2. The van der Waals surface area contributed by atoms with Crippen LogP contribution >= 0.6 is 0 Å². The van der Waals surface area contributed by atoms with Gasteiger partial charge in [0.05, 0.1) is 20.3 Å². The third kappa shape index (κ3) is 5.25. The summed E-state index contributed by atoms with van der Waals surface area (Å²) in [6.45, 7) is 6.28. The first-order valence-corrected chi connectivity index (χ1v) is 8.99. The van der Waals surface area contributed by atoms with Gasteiger partial charge in [-0.25, -0.2) is 0 Å². The lowest BCUT2D eigenvalue weighted by molar-refractivity contribution is -0.306. The Morgan fingerprint density at radius 2 is 1.61 bits per heavy atom. The number of hydrogen-bond acceptors (Lipinski definition) is 5. The second kappa shape index (κ2) is 8.78. The summed E-state index contributed by atoms with van der Waals surface area (Å²) in [4.78, 5) is 23.9. The minimum Gasteiger partial charge on any atom is -0.550 e. The molecule has 1 N–H and O–H groups in total. The van der Waals surface area contributed by atoms with Gasteiger partial charge >= 0.3 is 0 Å². The van der Waals surface area contributed by atoms with Crippen molar-refractivity contribution in [1.29, 1.82) is 0 Å². The number of carbonyl (C=O) groups is 2. The largest absolute Gasteiger partial charge is 0.550 e. The number of carboxylic acids is 1. The lowest BCUT2D eigenvalue weighted by atomic mass is 9.86. The molecule has 6 heteroatoms. The van der Waals surface area contributed by atoms with Crippen molar-refractivity contribution in [3.05, 3.63) is 59.2 Å². The number of carbonyl (C=O) groups excluding carboxylic acids is 2. The van der Waals surface area contributed by atoms with Crippen LogP contribution in [-0.2, 0) is 10.2 Å². The third-order valence-corrected chi connectivity index (χ3v) is 4.50. The first-order valence-electron chi connectivity index (χ1n) is 8.99. The fraction of sp³-hybridized carbons (Fsp3) is 0.364. The topological polar surface area (TPSA) is 87.7 Å². The Kier molecular flexibility index (Phi) is 6.67. The van der Waals surface area contributed by atoms with Gasteiger partial charge in [0.15, 0.2) is 11.5 Å². The molecule has 0 saturated heterocycles. The zero-order valence-electron chi connectivity index (χ0n) is 16.9. The number of hydrogen-bond donors (Lipinski definition) is 1. The molecule has 150 valence electrons. The number of nitrogens with one attached hydrogen (secondary N) is 1. The Morgan fingerprint density at radius 1 is 1.00 bits per heavy atom. The van der Waals surface area contributed by atoms with Gasteiger partial charge in [0, 0.05) is 18.0 Å². The van der Waals surface area contributed by atoms with Crippen molar-refractivity contribution < 1.29 is 24.2 Å². The van der Waals surface area contributed by atoms with Crippen LogP contribution in [-0.4, -0.2) is 26.1 Å². The zero-order chi connectivity index (χ0) is 20.9. The summed E-state index contributed by atoms with van der Waals surface area (Å²) in [5.41, 5.74) is 2.13. The van der Waals surface area contributed by atoms with Crippen LogP contribution in [0.5, 0.6) is 11.5 Å². The van der Waals surface area contributed by atoms with E-state index >= 15 is 0 Å². The summed E-state index contributed by atoms with van der Waals surface area (Å²) in [6, 6.07) is 11.5. The molecular weight excluding hydrogens is 358 g/mol. The number of rotatable bonds is 7. The Hall–Kier alpha value is -3.02. The highest BCUT2D eigenvalue weighted by molar-refractivity contribution is 5.94. The molecule has 2 rings (SSSR count). The van der Waals surface area contributed by atoms with Gasteiger partial charge in [0.25, 0.3) is 5.91 Å². The molecule has 0 saturated carbocycles. The molecule has 6 nitrogen and oxygen atoms in total. The van der Waals surface area contributed by atoms with E-state index in [1.807, 2.05) is 12.1 Å². The van der Waals surface area contributed by atoms with E-state index in [0.29, 0.717) is 22.6 Å². The highest BCUT2D eigenvalue weighted by atomic mass is 16.5. The first kappa shape index (κ1) is 21.3. The maximum atomic E-state index is 12.7. The van der Waals surface area contributed by atoms with Crippen molar-refractivity contribution >= 4 is 11.9 Å². The van der Waals surface area contributed by atoms with Gasteiger partial charge in [-0.3, -0.25) is 4.79 Å². The van der Waals surface area contributed by atoms with Crippen LogP contribution in [0.3, 0.4) is 0 Å². The number of methoxy groups -OCH3 is 2. The Morgan fingerprint density at radius 3 is 2.11 bits per heavy atom. The molecule has 0 aromatic heterocycles. The van der Waals surface area contributed by atoms with E-state index in [-0.39, 0.29) is 17.7 Å². The van der Waals surface area contributed by atoms with E-state index in [1.54, 1.807) is 30.3 Å². The molecular formula is C22H26NO5-. The van der Waals surface area contributed by atoms with E-state index in [9.17, 15) is 14.7 Å². The first-order chi connectivity index (χ1) is 13.2. The van der Waals surface area contributed by atoms with E-state index in [2.05, 4.69) is 26.1 Å². The summed E-state index contributed by atoms with van der Waals surface area (Å²) < 4.78 is 10.5. The highest BCUT2D eigenvalue weighted by Gasteiger charge is 2.19. The number of aliphatic carboxylic acids is 1. The van der Waals surface area contributed by atoms with Crippen LogP contribution in [0, 0.1) is 0 Å². The molecule has 0 radical (unpaired) electrons. The van der Waals surface area contributed by atoms with Gasteiger partial charge in [0.2, 0.25) is 0 Å². The van der Waals surface area contributed by atoms with Gasteiger partial charge in [-0.05, 0) is 40.8 Å². The highest BCUT2D eigenvalue weighted by Crippen LogP contribution is 2.31. The van der Waals surface area contributed by atoms with E-state index in [4.69, 9.17) is 9.47 Å². The van der Waals surface area contributed by atoms with Crippen molar-refractivity contribution in [2.45, 2.75) is 38.6 Å². The predicted octanol–water partition coefficient (Wildman–Crippen LogP) is 2.61. The van der Waals surface area contributed by atoms with Crippen molar-refractivity contribution in [1.82, 2.24) is 5.32 Å². The van der Waals surface area contributed by atoms with E-state index in [1.165, 1.54) is 14.2 Å². The molecule has 0 aliphatic rings. The van der Waals surface area contributed by atoms with Crippen molar-refractivity contribution in [2.24, 2.45) is 0 Å². The molecule has 0 spiro atoms. The van der Waals surface area contributed by atoms with Gasteiger partial charge in [0.1, 0.15) is 0 Å². The summed E-state index contributed by atoms with van der Waals surface area (Å²) in [5.74, 6) is -0.653. The minimum atomic E-state index is -1.26. The molecule has 0 heterocycles. The van der Waals surface area contributed by atoms with E-state index < -0.39 is 12.0 Å². The molecule has 1 amide bonds. The summed E-state index contributed by atoms with van der Waals surface area (Å²) in [5, 5.41) is 14.0. The fourth-order valence-corrected chi connectivity index (χ4v) is 2.85. The average molecular weight is 384 g/mol. The average Bonchev–Trinajstić information content (AvgIpc) is 2.65. The minimum absolute atomic E-state index is 0.0217. The standard InChI is InChI=1S/C22H27NO5/c1-22(2,3)16-9-6-14(7-10-16)21(26)23-17(13-20(24)25)15-8-11-18(27-4)19(12-15)28-5/h6-12,17H,13H2,1-5H3,(H,23,26)(H,24,25)/p-1/t17-/m0/s1. The molecule has 28 heavy (non-hydrogen) atoms. The smallest absolute Gasteiger partial charge is 0.251 e. The van der Waals surface area contributed by atoms with Crippen LogP contribution in [0.2, 0.25) is 0 Å². The van der Waals surface area contributed by atoms with E-state index in [0.717, 1.165) is 5.56 Å². The molecule has 2 aromatic rings. The SMILES string of the molecule is COc1ccc([C@H](CC(=O)[O-])NC(=O)c2ccc(C(C)(C)C)cc2)cc1OC. The monoisotopic (exact) mass is 384 g/mol. The zero-order valence-corrected chi connectivity index (χ0v) is 16.9. The Bertz CT molecular complexity index is 837. The summed E-state index contributed by atoms with van der Waals surface area (Å²) in [7, 11) is 3.00. The summed E-state index contributed by atoms with van der Waals surface area (Å²) >= 11 is 0. The van der Waals surface area contributed by atoms with Crippen LogP contribution in [0.4, 0.5) is 0 Å². The Balaban J connectivity index is 2.27. The van der Waals surface area contributed by atoms with Gasteiger partial charge in [-0.2, -0.15) is 0 Å². The number of benzene rings is 2. The lowest BCUT2D eigenvalue weighted by Crippen LogP contribution is -2.34. The molecule has 0 aliphatic carbocycles. The Labute approximate surface area is 165 Å². The van der Waals surface area contributed by atoms with Crippen LogP contribution < -0.4 is 19.9 Å². The maximum absolute atomic E-state index is 12.7. The molecule has 0 unspecified atom stereocenters. The van der Waals surface area contributed by atoms with Crippen molar-refractivity contribution in [3.8, 4) is 11.5 Å². The number of ether oxygens (including phenoxy) is 2. The predicted molar refractivity (Wildman–Crippen MR) is 105 cm³/mol. The third-order valence-electron chi connectivity index (χ3n) is 4.50. The second-order valence-electron chi connectivity index (χ2n) is 7.54. The van der Waals surface area contributed by atoms with Gasteiger partial charge in [-0.1, -0.05) is 39.0 Å². The lowest BCUT2D eigenvalue weighted by Gasteiger charge is -2.22. The summed E-state index contributed by atoms with van der Waals surface area (Å²) in [6.07, 6.45) is -0.360. The fourth-order valence-electron chi connectivity index (χ4n) is 2.85. The molecule has 1 atom stereocenters. The number of amides is 1. The van der Waals surface area contributed by atoms with Crippen LogP contribution in [0.25, 0.3) is 0 Å². The maximum Gasteiger partial charge on any atom is 0.251 e. The second-order valence-corrected chi connectivity index (χ2v) is 7.54. The molecule has 0 fully saturated rings. The van der Waals surface area contributed by atoms with Crippen molar-refractivity contribution in [2.75, 3.05) is 14.2 Å². The molecule has 0 aliphatic heterocycles. The molecule has 2 aromatic carbocycles. The number of carboxylic acid groups (broad SMARTS) is 1. The quantitative estimate of drug-likeness (QED) is 0.793. The van der Waals surface area contributed by atoms with Crippen molar-refractivity contribution in [3.63, 3.8) is 0 Å². The van der Waals surface area contributed by atoms with Gasteiger partial charge in [-0.15, -0.1) is 0 Å². The van der Waals surface area contributed by atoms with Crippen LogP contribution in [0.15, 0.2) is 42.5 Å².